The number of ether oxygens (including phenoxy) is 1. The fourth-order valence-corrected chi connectivity index (χ4v) is 4.99. The Hall–Kier alpha value is -2.55. The molecule has 1 saturated heterocycles. The number of hydrogen-bond donors (Lipinski definition) is 1. The highest BCUT2D eigenvalue weighted by atomic mass is 32.2. The molecule has 0 bridgehead atoms. The highest BCUT2D eigenvalue weighted by molar-refractivity contribution is 7.91. The zero-order chi connectivity index (χ0) is 20.5. The van der Waals surface area contributed by atoms with E-state index in [0.717, 1.165) is 11.5 Å². The van der Waals surface area contributed by atoms with Gasteiger partial charge in [-0.25, -0.2) is 13.2 Å². The maximum atomic E-state index is 12.6. The van der Waals surface area contributed by atoms with Crippen LogP contribution in [0.15, 0.2) is 28.9 Å². The number of rotatable bonds is 6. The molecule has 2 atom stereocenters. The molecule has 3 heterocycles. The van der Waals surface area contributed by atoms with Crippen molar-refractivity contribution in [3.05, 3.63) is 47.2 Å². The van der Waals surface area contributed by atoms with Gasteiger partial charge >= 0.3 is 5.97 Å². The molecule has 0 saturated carbocycles. The van der Waals surface area contributed by atoms with Gasteiger partial charge in [-0.2, -0.15) is 0 Å². The minimum atomic E-state index is -3.09. The Balaban J connectivity index is 1.63. The Labute approximate surface area is 163 Å². The third-order valence-electron chi connectivity index (χ3n) is 4.92. The van der Waals surface area contributed by atoms with Crippen molar-refractivity contribution in [2.45, 2.75) is 45.9 Å². The molecule has 1 fully saturated rings. The van der Waals surface area contributed by atoms with E-state index in [2.05, 4.69) is 5.32 Å². The third kappa shape index (κ3) is 4.46. The lowest BCUT2D eigenvalue weighted by Crippen LogP contribution is -2.42. The number of aryl methyl sites for hydroxylation is 1. The van der Waals surface area contributed by atoms with Gasteiger partial charge in [0.2, 0.25) is 0 Å². The normalized spacial score (nSPS) is 19.3. The van der Waals surface area contributed by atoms with E-state index in [0.29, 0.717) is 24.2 Å². The van der Waals surface area contributed by atoms with E-state index < -0.39 is 33.9 Å². The molecule has 0 aliphatic carbocycles. The topological polar surface area (TPSA) is 108 Å². The van der Waals surface area contributed by atoms with Crippen molar-refractivity contribution in [3.63, 3.8) is 0 Å². The van der Waals surface area contributed by atoms with Gasteiger partial charge in [0.15, 0.2) is 15.9 Å². The number of aromatic nitrogens is 1. The summed E-state index contributed by atoms with van der Waals surface area (Å²) in [7, 11) is -3.09. The van der Waals surface area contributed by atoms with Crippen LogP contribution in [0.5, 0.6) is 0 Å². The maximum absolute atomic E-state index is 12.6. The first kappa shape index (κ1) is 20.2. The van der Waals surface area contributed by atoms with Gasteiger partial charge in [-0.1, -0.05) is 0 Å². The average Bonchev–Trinajstić information content (AvgIpc) is 3.31. The van der Waals surface area contributed by atoms with Crippen LogP contribution >= 0.6 is 0 Å². The van der Waals surface area contributed by atoms with E-state index in [-0.39, 0.29) is 11.5 Å². The van der Waals surface area contributed by atoms with Gasteiger partial charge in [0.25, 0.3) is 5.91 Å². The number of nitrogens with one attached hydrogen (secondary N) is 1. The maximum Gasteiger partial charge on any atom is 0.340 e. The van der Waals surface area contributed by atoms with Gasteiger partial charge in [0.1, 0.15) is 5.76 Å². The van der Waals surface area contributed by atoms with Crippen LogP contribution in [-0.4, -0.2) is 48.5 Å². The first-order chi connectivity index (χ1) is 13.2. The summed E-state index contributed by atoms with van der Waals surface area (Å²) < 4.78 is 35.6. The Morgan fingerprint density at radius 1 is 1.39 bits per heavy atom. The van der Waals surface area contributed by atoms with Crippen molar-refractivity contribution < 1.29 is 27.2 Å². The number of hydrogen-bond acceptors (Lipinski definition) is 6. The van der Waals surface area contributed by atoms with Crippen molar-refractivity contribution in [3.8, 4) is 0 Å². The first-order valence-electron chi connectivity index (χ1n) is 9.07. The first-order valence-corrected chi connectivity index (χ1v) is 10.9. The molecule has 0 aromatic carbocycles. The smallest absolute Gasteiger partial charge is 0.340 e. The quantitative estimate of drug-likeness (QED) is 0.728. The van der Waals surface area contributed by atoms with E-state index in [1.807, 2.05) is 17.6 Å². The zero-order valence-corrected chi connectivity index (χ0v) is 16.9. The predicted octanol–water partition coefficient (Wildman–Crippen LogP) is 1.59. The second-order valence-electron chi connectivity index (χ2n) is 7.11. The fraction of sp³-hybridized carbons (Fsp3) is 0.474. The Morgan fingerprint density at radius 2 is 2.14 bits per heavy atom. The van der Waals surface area contributed by atoms with Crippen LogP contribution in [0.4, 0.5) is 0 Å². The van der Waals surface area contributed by atoms with Crippen LogP contribution in [0.3, 0.4) is 0 Å². The van der Waals surface area contributed by atoms with Crippen molar-refractivity contribution in [1.82, 2.24) is 9.88 Å². The molecule has 152 valence electrons. The lowest BCUT2D eigenvalue weighted by atomic mass is 10.2. The molecule has 1 aliphatic heterocycles. The van der Waals surface area contributed by atoms with E-state index in [1.54, 1.807) is 25.3 Å². The van der Waals surface area contributed by atoms with E-state index in [9.17, 15) is 18.0 Å². The molecule has 9 heteroatoms. The van der Waals surface area contributed by atoms with Gasteiger partial charge in [-0.3, -0.25) is 4.79 Å². The molecule has 2 aromatic rings. The van der Waals surface area contributed by atoms with Gasteiger partial charge in [-0.05, 0) is 45.4 Å². The molecule has 28 heavy (non-hydrogen) atoms. The standard InChI is InChI=1S/C19H24N2O6S/c1-12-9-17(13(2)21(12)10-16-5-4-7-26-16)19(23)27-14(3)18(22)20-15-6-8-28(24,25)11-15/h4-5,7,9,14-15H,6,8,10-11H2,1-3H3,(H,20,22)/t14-,15-/m1/s1. The molecule has 0 unspecified atom stereocenters. The summed E-state index contributed by atoms with van der Waals surface area (Å²) in [5.41, 5.74) is 1.97. The molecule has 1 amide bonds. The molecule has 1 aliphatic rings. The highest BCUT2D eigenvalue weighted by Crippen LogP contribution is 2.19. The van der Waals surface area contributed by atoms with Crippen LogP contribution in [0.1, 0.15) is 40.9 Å². The van der Waals surface area contributed by atoms with Crippen molar-refractivity contribution >= 4 is 21.7 Å². The second kappa shape index (κ2) is 7.83. The SMILES string of the molecule is Cc1cc(C(=O)O[C@H](C)C(=O)N[C@@H]2CCS(=O)(=O)C2)c(C)n1Cc1ccco1. The zero-order valence-electron chi connectivity index (χ0n) is 16.1. The van der Waals surface area contributed by atoms with Crippen LogP contribution < -0.4 is 5.32 Å². The van der Waals surface area contributed by atoms with Crippen LogP contribution in [0, 0.1) is 13.8 Å². The molecule has 8 nitrogen and oxygen atoms in total. The molecular formula is C19H24N2O6S. The average molecular weight is 408 g/mol. The number of nitrogens with zero attached hydrogens (tertiary/aromatic N) is 1. The number of furan rings is 1. The monoisotopic (exact) mass is 408 g/mol. The number of amides is 1. The number of carbonyl (C=O) groups excluding carboxylic acids is 2. The van der Waals surface area contributed by atoms with Crippen molar-refractivity contribution in [2.24, 2.45) is 0 Å². The minimum absolute atomic E-state index is 0.0633. The lowest BCUT2D eigenvalue weighted by molar-refractivity contribution is -0.129. The Kier molecular flexibility index (Phi) is 5.64. The van der Waals surface area contributed by atoms with E-state index in [1.165, 1.54) is 6.92 Å². The van der Waals surface area contributed by atoms with E-state index in [4.69, 9.17) is 9.15 Å². The lowest BCUT2D eigenvalue weighted by Gasteiger charge is -2.16. The Bertz CT molecular complexity index is 974. The van der Waals surface area contributed by atoms with Gasteiger partial charge in [0, 0.05) is 17.4 Å². The predicted molar refractivity (Wildman–Crippen MR) is 102 cm³/mol. The molecule has 0 spiro atoms. The summed E-state index contributed by atoms with van der Waals surface area (Å²) in [5, 5.41) is 2.64. The van der Waals surface area contributed by atoms with Gasteiger partial charge in [0.05, 0.1) is 29.9 Å². The summed E-state index contributed by atoms with van der Waals surface area (Å²) in [6, 6.07) is 4.94. The summed E-state index contributed by atoms with van der Waals surface area (Å²) in [6.07, 6.45) is 0.945. The Morgan fingerprint density at radius 3 is 2.75 bits per heavy atom. The molecule has 3 rings (SSSR count). The van der Waals surface area contributed by atoms with Crippen LogP contribution in [0.2, 0.25) is 0 Å². The number of esters is 1. The minimum Gasteiger partial charge on any atom is -0.467 e. The van der Waals surface area contributed by atoms with Crippen molar-refractivity contribution in [2.75, 3.05) is 11.5 Å². The van der Waals surface area contributed by atoms with Gasteiger partial charge < -0.3 is 19.0 Å². The van der Waals surface area contributed by atoms with Crippen LogP contribution in [-0.2, 0) is 25.9 Å². The number of carbonyl (C=O) groups is 2. The molecule has 2 aromatic heterocycles. The summed E-state index contributed by atoms with van der Waals surface area (Å²) in [6.45, 7) is 5.65. The van der Waals surface area contributed by atoms with Crippen LogP contribution in [0.25, 0.3) is 0 Å². The number of sulfone groups is 1. The third-order valence-corrected chi connectivity index (χ3v) is 6.69. The highest BCUT2D eigenvalue weighted by Gasteiger charge is 2.31. The molecule has 1 N–H and O–H groups in total. The summed E-state index contributed by atoms with van der Waals surface area (Å²) >= 11 is 0. The van der Waals surface area contributed by atoms with Crippen molar-refractivity contribution in [1.29, 1.82) is 0 Å². The molecular weight excluding hydrogens is 384 g/mol. The fourth-order valence-electron chi connectivity index (χ4n) is 3.31. The summed E-state index contributed by atoms with van der Waals surface area (Å²) in [5.74, 6) is -0.345. The van der Waals surface area contributed by atoms with Gasteiger partial charge in [-0.15, -0.1) is 0 Å². The summed E-state index contributed by atoms with van der Waals surface area (Å²) in [4.78, 5) is 24.8. The second-order valence-corrected chi connectivity index (χ2v) is 9.34. The van der Waals surface area contributed by atoms with E-state index >= 15 is 0 Å². The largest absolute Gasteiger partial charge is 0.467 e. The molecule has 0 radical (unpaired) electrons.